The minimum atomic E-state index is -3.84. The molecule has 0 unspecified atom stereocenters. The monoisotopic (exact) mass is 432 g/mol. The van der Waals surface area contributed by atoms with E-state index in [1.165, 1.54) is 30.3 Å². The average Bonchev–Trinajstić information content (AvgIpc) is 3.07. The zero-order valence-corrected chi connectivity index (χ0v) is 16.3. The van der Waals surface area contributed by atoms with Crippen LogP contribution in [0.3, 0.4) is 0 Å². The van der Waals surface area contributed by atoms with Crippen LogP contribution in [0, 0.1) is 0 Å². The summed E-state index contributed by atoms with van der Waals surface area (Å²) >= 11 is 6.65. The molecule has 0 saturated carbocycles. The number of benzene rings is 2. The van der Waals surface area contributed by atoms with Crippen LogP contribution >= 0.6 is 23.3 Å². The van der Waals surface area contributed by atoms with Gasteiger partial charge in [-0.15, -0.1) is 0 Å². The molecule has 0 aliphatic rings. The van der Waals surface area contributed by atoms with Crippen molar-refractivity contribution in [2.24, 2.45) is 0 Å². The number of nitrogens with one attached hydrogen (secondary N) is 2. The lowest BCUT2D eigenvalue weighted by atomic mass is 10.3. The number of halogens is 1. The lowest BCUT2D eigenvalue weighted by molar-refractivity contribution is 0.571. The lowest BCUT2D eigenvalue weighted by Gasteiger charge is -2.09. The fourth-order valence-electron chi connectivity index (χ4n) is 2.14. The number of nitrogens with zero attached hydrogens (tertiary/aromatic N) is 2. The Morgan fingerprint density at radius 1 is 0.885 bits per heavy atom. The number of hydrogen-bond acceptors (Lipinski definition) is 7. The number of aromatic nitrogens is 2. The summed E-state index contributed by atoms with van der Waals surface area (Å²) in [5.74, 6) is 0. The second-order valence-electron chi connectivity index (χ2n) is 5.14. The highest BCUT2D eigenvalue weighted by atomic mass is 35.5. The Labute approximate surface area is 159 Å². The maximum Gasteiger partial charge on any atom is 0.242 e. The first-order chi connectivity index (χ1) is 12.3. The van der Waals surface area contributed by atoms with Gasteiger partial charge >= 0.3 is 0 Å². The predicted molar refractivity (Wildman–Crippen MR) is 99.2 cm³/mol. The minimum Gasteiger partial charge on any atom is -0.210 e. The third kappa shape index (κ3) is 4.19. The Morgan fingerprint density at radius 2 is 1.54 bits per heavy atom. The van der Waals surface area contributed by atoms with Crippen LogP contribution in [-0.2, 0) is 20.0 Å². The zero-order valence-electron chi connectivity index (χ0n) is 13.1. The van der Waals surface area contributed by atoms with Crippen molar-refractivity contribution in [1.29, 1.82) is 0 Å². The molecule has 2 N–H and O–H groups in total. The van der Waals surface area contributed by atoms with E-state index >= 15 is 0 Å². The first-order valence-corrected chi connectivity index (χ1v) is 11.3. The van der Waals surface area contributed by atoms with Crippen LogP contribution in [0.1, 0.15) is 0 Å². The van der Waals surface area contributed by atoms with Crippen LogP contribution in [-0.4, -0.2) is 38.7 Å². The molecule has 0 amide bonds. The molecule has 0 saturated heterocycles. The standard InChI is InChI=1S/C14H13ClN4O4S3/c15-10-4-6-11(7-5-10)25(20,21)16-8-9-17-26(22,23)13-3-1-2-12-14(13)19-24-18-12/h1-7,16-17H,8-9H2. The van der Waals surface area contributed by atoms with Crippen molar-refractivity contribution in [2.45, 2.75) is 9.79 Å². The molecule has 3 aromatic rings. The van der Waals surface area contributed by atoms with Crippen LogP contribution in [0.2, 0.25) is 5.02 Å². The number of hydrogen-bond donors (Lipinski definition) is 2. The Kier molecular flexibility index (Phi) is 5.55. The van der Waals surface area contributed by atoms with E-state index in [-0.39, 0.29) is 28.4 Å². The van der Waals surface area contributed by atoms with Gasteiger partial charge in [0.25, 0.3) is 0 Å². The SMILES string of the molecule is O=S(=O)(NCCNS(=O)(=O)c1cccc2nsnc12)c1ccc(Cl)cc1. The molecule has 1 aromatic heterocycles. The highest BCUT2D eigenvalue weighted by molar-refractivity contribution is 7.90. The molecule has 0 radical (unpaired) electrons. The van der Waals surface area contributed by atoms with Crippen molar-refractivity contribution >= 4 is 54.4 Å². The van der Waals surface area contributed by atoms with E-state index in [0.29, 0.717) is 10.5 Å². The topological polar surface area (TPSA) is 118 Å². The van der Waals surface area contributed by atoms with Gasteiger partial charge in [-0.1, -0.05) is 17.7 Å². The summed E-state index contributed by atoms with van der Waals surface area (Å²) in [4.78, 5) is 0.0485. The van der Waals surface area contributed by atoms with Gasteiger partial charge in [-0.3, -0.25) is 0 Å². The van der Waals surface area contributed by atoms with Gasteiger partial charge in [-0.25, -0.2) is 26.3 Å². The van der Waals surface area contributed by atoms with E-state index in [1.54, 1.807) is 12.1 Å². The number of sulfonamides is 2. The van der Waals surface area contributed by atoms with Gasteiger partial charge in [-0.05, 0) is 36.4 Å². The molecule has 0 atom stereocenters. The van der Waals surface area contributed by atoms with Crippen LogP contribution in [0.25, 0.3) is 11.0 Å². The van der Waals surface area contributed by atoms with Gasteiger partial charge in [0.05, 0.1) is 16.6 Å². The van der Waals surface area contributed by atoms with Gasteiger partial charge in [0.15, 0.2) is 0 Å². The van der Waals surface area contributed by atoms with Gasteiger partial charge in [-0.2, -0.15) is 8.75 Å². The van der Waals surface area contributed by atoms with Crippen molar-refractivity contribution in [3.05, 3.63) is 47.5 Å². The largest absolute Gasteiger partial charge is 0.242 e. The third-order valence-corrected chi connectivity index (χ3v) is 7.14. The normalized spacial score (nSPS) is 12.5. The van der Waals surface area contributed by atoms with Gasteiger partial charge in [0, 0.05) is 18.1 Å². The number of rotatable bonds is 7. The fourth-order valence-corrected chi connectivity index (χ4v) is 5.10. The molecule has 0 aliphatic carbocycles. The molecule has 12 heteroatoms. The Balaban J connectivity index is 1.64. The fraction of sp³-hybridized carbons (Fsp3) is 0.143. The molecule has 3 rings (SSSR count). The summed E-state index contributed by atoms with van der Waals surface area (Å²) in [7, 11) is -7.59. The van der Waals surface area contributed by atoms with E-state index in [1.807, 2.05) is 0 Å². The molecule has 2 aromatic carbocycles. The Bertz CT molecular complexity index is 1130. The van der Waals surface area contributed by atoms with E-state index in [9.17, 15) is 16.8 Å². The van der Waals surface area contributed by atoms with Crippen molar-refractivity contribution < 1.29 is 16.8 Å². The van der Waals surface area contributed by atoms with Crippen molar-refractivity contribution in [3.8, 4) is 0 Å². The molecule has 26 heavy (non-hydrogen) atoms. The van der Waals surface area contributed by atoms with Crippen molar-refractivity contribution in [3.63, 3.8) is 0 Å². The summed E-state index contributed by atoms with van der Waals surface area (Å²) in [6, 6.07) is 10.3. The van der Waals surface area contributed by atoms with E-state index < -0.39 is 20.0 Å². The highest BCUT2D eigenvalue weighted by Crippen LogP contribution is 2.20. The Morgan fingerprint density at radius 3 is 2.23 bits per heavy atom. The third-order valence-electron chi connectivity index (χ3n) is 3.37. The predicted octanol–water partition coefficient (Wildman–Crippen LogP) is 1.60. The molecule has 1 heterocycles. The van der Waals surface area contributed by atoms with Crippen LogP contribution < -0.4 is 9.44 Å². The molecule has 0 aliphatic heterocycles. The van der Waals surface area contributed by atoms with Crippen molar-refractivity contribution in [1.82, 2.24) is 18.2 Å². The molecule has 0 bridgehead atoms. The molecular formula is C14H13ClN4O4S3. The van der Waals surface area contributed by atoms with Gasteiger partial charge in [0.2, 0.25) is 20.0 Å². The Hall–Kier alpha value is -1.63. The summed E-state index contributed by atoms with van der Waals surface area (Å²) in [5, 5.41) is 0.419. The maximum absolute atomic E-state index is 12.4. The van der Waals surface area contributed by atoms with Gasteiger partial charge < -0.3 is 0 Å². The highest BCUT2D eigenvalue weighted by Gasteiger charge is 2.19. The maximum atomic E-state index is 12.4. The summed E-state index contributed by atoms with van der Waals surface area (Å²) in [5.41, 5.74) is 0.771. The average molecular weight is 433 g/mol. The van der Waals surface area contributed by atoms with Gasteiger partial charge in [0.1, 0.15) is 15.9 Å². The second-order valence-corrected chi connectivity index (χ2v) is 9.60. The van der Waals surface area contributed by atoms with E-state index in [2.05, 4.69) is 18.2 Å². The minimum absolute atomic E-state index is 0.00399. The molecular weight excluding hydrogens is 420 g/mol. The van der Waals surface area contributed by atoms with Crippen LogP contribution in [0.15, 0.2) is 52.3 Å². The lowest BCUT2D eigenvalue weighted by Crippen LogP contribution is -2.34. The van der Waals surface area contributed by atoms with Crippen LogP contribution in [0.5, 0.6) is 0 Å². The summed E-state index contributed by atoms with van der Waals surface area (Å²) in [6.45, 7) is -0.238. The quantitative estimate of drug-likeness (QED) is 0.547. The van der Waals surface area contributed by atoms with E-state index in [4.69, 9.17) is 11.6 Å². The van der Waals surface area contributed by atoms with Crippen LogP contribution in [0.4, 0.5) is 0 Å². The van der Waals surface area contributed by atoms with Crippen molar-refractivity contribution in [2.75, 3.05) is 13.1 Å². The first-order valence-electron chi connectivity index (χ1n) is 7.26. The summed E-state index contributed by atoms with van der Waals surface area (Å²) < 4.78 is 61.7. The molecule has 0 spiro atoms. The number of fused-ring (bicyclic) bond motifs is 1. The van der Waals surface area contributed by atoms with E-state index in [0.717, 1.165) is 11.7 Å². The smallest absolute Gasteiger partial charge is 0.210 e. The molecule has 8 nitrogen and oxygen atoms in total. The first kappa shape index (κ1) is 19.1. The second kappa shape index (κ2) is 7.55. The summed E-state index contributed by atoms with van der Waals surface area (Å²) in [6.07, 6.45) is 0. The zero-order chi connectivity index (χ0) is 18.8. The molecule has 138 valence electrons. The molecule has 0 fully saturated rings.